The highest BCUT2D eigenvalue weighted by Gasteiger charge is 2.26. The van der Waals surface area contributed by atoms with Crippen molar-refractivity contribution in [2.75, 3.05) is 18.5 Å². The van der Waals surface area contributed by atoms with Crippen LogP contribution in [-0.2, 0) is 9.53 Å². The minimum atomic E-state index is -0.131. The Hall–Kier alpha value is -0.940. The van der Waals surface area contributed by atoms with Crippen LogP contribution in [0.2, 0.25) is 0 Å². The number of anilines is 1. The molecule has 1 aromatic rings. The molecule has 0 unspecified atom stereocenters. The van der Waals surface area contributed by atoms with Crippen molar-refractivity contribution < 1.29 is 9.53 Å². The van der Waals surface area contributed by atoms with E-state index >= 15 is 0 Å². The fraction of sp³-hybridized carbons (Fsp3) is 0.600. The Labute approximate surface area is 92.7 Å². The summed E-state index contributed by atoms with van der Waals surface area (Å²) in [5.41, 5.74) is 1.12. The Morgan fingerprint density at radius 3 is 3.20 bits per heavy atom. The van der Waals surface area contributed by atoms with Crippen LogP contribution in [0.1, 0.15) is 31.4 Å². The van der Waals surface area contributed by atoms with E-state index in [4.69, 9.17) is 4.74 Å². The van der Waals surface area contributed by atoms with Gasteiger partial charge in [-0.2, -0.15) is 0 Å². The average molecular weight is 226 g/mol. The summed E-state index contributed by atoms with van der Waals surface area (Å²) in [6.45, 7) is 2.52. The van der Waals surface area contributed by atoms with Crippen LogP contribution in [0.15, 0.2) is 5.38 Å². The largest absolute Gasteiger partial charge is 0.372 e. The molecule has 1 N–H and O–H groups in total. The van der Waals surface area contributed by atoms with Gasteiger partial charge in [0.25, 0.3) is 5.91 Å². The number of hydrogen-bond acceptors (Lipinski definition) is 4. The van der Waals surface area contributed by atoms with Gasteiger partial charge >= 0.3 is 0 Å². The molecule has 1 heterocycles. The van der Waals surface area contributed by atoms with Gasteiger partial charge in [-0.05, 0) is 19.8 Å². The molecular formula is C10H14N2O2S. The van der Waals surface area contributed by atoms with Crippen LogP contribution >= 0.6 is 11.3 Å². The minimum Gasteiger partial charge on any atom is -0.372 e. The van der Waals surface area contributed by atoms with Gasteiger partial charge in [0.05, 0.1) is 5.69 Å². The van der Waals surface area contributed by atoms with Crippen LogP contribution in [0.25, 0.3) is 0 Å². The maximum absolute atomic E-state index is 11.3. The third kappa shape index (κ3) is 3.00. The maximum atomic E-state index is 11.3. The Morgan fingerprint density at radius 2 is 2.53 bits per heavy atom. The van der Waals surface area contributed by atoms with E-state index < -0.39 is 0 Å². The number of rotatable bonds is 5. The van der Waals surface area contributed by atoms with Crippen molar-refractivity contribution in [2.45, 2.75) is 25.7 Å². The summed E-state index contributed by atoms with van der Waals surface area (Å²) >= 11 is 1.48. The van der Waals surface area contributed by atoms with Gasteiger partial charge in [0.2, 0.25) is 0 Å². The molecule has 1 aliphatic carbocycles. The Bertz CT molecular complexity index is 347. The molecular weight excluding hydrogens is 212 g/mol. The van der Waals surface area contributed by atoms with Gasteiger partial charge in [-0.3, -0.25) is 10.1 Å². The lowest BCUT2D eigenvalue weighted by Gasteiger charge is -2.00. The van der Waals surface area contributed by atoms with Crippen molar-refractivity contribution in [1.82, 2.24) is 4.98 Å². The summed E-state index contributed by atoms with van der Waals surface area (Å²) in [7, 11) is 0. The smallest absolute Gasteiger partial charge is 0.252 e. The second-order valence-corrected chi connectivity index (χ2v) is 4.40. The predicted octanol–water partition coefficient (Wildman–Crippen LogP) is 2.00. The van der Waals surface area contributed by atoms with Crippen LogP contribution in [0.3, 0.4) is 0 Å². The molecule has 0 radical (unpaired) electrons. The second-order valence-electron chi connectivity index (χ2n) is 3.54. The number of aromatic nitrogens is 1. The molecule has 0 atom stereocenters. The van der Waals surface area contributed by atoms with E-state index in [2.05, 4.69) is 10.3 Å². The van der Waals surface area contributed by atoms with Gasteiger partial charge in [0.1, 0.15) is 6.61 Å². The van der Waals surface area contributed by atoms with E-state index in [0.29, 0.717) is 17.7 Å². The zero-order valence-corrected chi connectivity index (χ0v) is 9.47. The number of carbonyl (C=O) groups is 1. The van der Waals surface area contributed by atoms with E-state index in [1.165, 1.54) is 24.2 Å². The second kappa shape index (κ2) is 4.72. The number of ether oxygens (including phenoxy) is 1. The predicted molar refractivity (Wildman–Crippen MR) is 59.2 cm³/mol. The fourth-order valence-corrected chi connectivity index (χ4v) is 2.07. The van der Waals surface area contributed by atoms with Crippen molar-refractivity contribution in [1.29, 1.82) is 0 Å². The van der Waals surface area contributed by atoms with Crippen LogP contribution < -0.4 is 5.32 Å². The number of nitrogens with one attached hydrogen (secondary N) is 1. The molecule has 0 aliphatic heterocycles. The molecule has 4 nitrogen and oxygen atoms in total. The first kappa shape index (κ1) is 10.6. The summed E-state index contributed by atoms with van der Waals surface area (Å²) in [5, 5.41) is 5.43. The summed E-state index contributed by atoms with van der Waals surface area (Å²) in [4.78, 5) is 15.6. The maximum Gasteiger partial charge on any atom is 0.252 e. The Kier molecular flexibility index (Phi) is 3.33. The van der Waals surface area contributed by atoms with Crippen LogP contribution in [0, 0.1) is 0 Å². The first-order valence-electron chi connectivity index (χ1n) is 5.12. The third-order valence-corrected chi connectivity index (χ3v) is 2.98. The van der Waals surface area contributed by atoms with Crippen molar-refractivity contribution in [3.8, 4) is 0 Å². The molecule has 1 aliphatic rings. The van der Waals surface area contributed by atoms with E-state index in [-0.39, 0.29) is 12.5 Å². The first-order chi connectivity index (χ1) is 7.29. The lowest BCUT2D eigenvalue weighted by Crippen LogP contribution is -2.18. The Morgan fingerprint density at radius 1 is 1.73 bits per heavy atom. The van der Waals surface area contributed by atoms with Crippen molar-refractivity contribution in [3.05, 3.63) is 11.1 Å². The summed E-state index contributed by atoms with van der Waals surface area (Å²) in [6.07, 6.45) is 2.46. The number of carbonyl (C=O) groups excluding carboxylic acids is 1. The summed E-state index contributed by atoms with van der Waals surface area (Å²) < 4.78 is 5.00. The molecule has 5 heteroatoms. The van der Waals surface area contributed by atoms with E-state index in [1.807, 2.05) is 12.3 Å². The summed E-state index contributed by atoms with van der Waals surface area (Å²) in [6, 6.07) is 0. The molecule has 1 fully saturated rings. The average Bonchev–Trinajstić information content (AvgIpc) is 2.98. The highest BCUT2D eigenvalue weighted by molar-refractivity contribution is 7.13. The van der Waals surface area contributed by atoms with Crippen LogP contribution in [-0.4, -0.2) is 24.1 Å². The van der Waals surface area contributed by atoms with E-state index in [0.717, 1.165) is 5.69 Å². The SMILES string of the molecule is CCOCC(=O)Nc1nc(C2CC2)cs1. The van der Waals surface area contributed by atoms with Gasteiger partial charge < -0.3 is 4.74 Å². The quantitative estimate of drug-likeness (QED) is 0.835. The van der Waals surface area contributed by atoms with Crippen LogP contribution in [0.4, 0.5) is 5.13 Å². The van der Waals surface area contributed by atoms with E-state index in [9.17, 15) is 4.79 Å². The topological polar surface area (TPSA) is 51.2 Å². The minimum absolute atomic E-state index is 0.106. The molecule has 2 rings (SSSR count). The number of hydrogen-bond donors (Lipinski definition) is 1. The zero-order chi connectivity index (χ0) is 10.7. The molecule has 82 valence electrons. The molecule has 1 amide bonds. The zero-order valence-electron chi connectivity index (χ0n) is 8.66. The number of amides is 1. The normalized spacial score (nSPS) is 15.3. The van der Waals surface area contributed by atoms with Gasteiger partial charge in [-0.1, -0.05) is 0 Å². The van der Waals surface area contributed by atoms with Gasteiger partial charge in [-0.15, -0.1) is 11.3 Å². The van der Waals surface area contributed by atoms with Gasteiger partial charge in [-0.25, -0.2) is 4.98 Å². The number of nitrogens with zero attached hydrogens (tertiary/aromatic N) is 1. The highest BCUT2D eigenvalue weighted by atomic mass is 32.1. The van der Waals surface area contributed by atoms with Gasteiger partial charge in [0, 0.05) is 17.9 Å². The van der Waals surface area contributed by atoms with Crippen molar-refractivity contribution in [3.63, 3.8) is 0 Å². The lowest BCUT2D eigenvalue weighted by molar-refractivity contribution is -0.120. The molecule has 1 aromatic heterocycles. The molecule has 15 heavy (non-hydrogen) atoms. The fourth-order valence-electron chi connectivity index (χ4n) is 1.26. The summed E-state index contributed by atoms with van der Waals surface area (Å²) in [5.74, 6) is 0.507. The number of thiazole rings is 1. The third-order valence-electron chi connectivity index (χ3n) is 2.20. The monoisotopic (exact) mass is 226 g/mol. The Balaban J connectivity index is 1.84. The first-order valence-corrected chi connectivity index (χ1v) is 6.00. The standard InChI is InChI=1S/C10H14N2O2S/c1-2-14-5-9(13)12-10-11-8(6-15-10)7-3-4-7/h6-7H,2-5H2,1H3,(H,11,12,13). The molecule has 0 spiro atoms. The van der Waals surface area contributed by atoms with E-state index in [1.54, 1.807) is 0 Å². The molecule has 1 saturated carbocycles. The van der Waals surface area contributed by atoms with Gasteiger partial charge in [0.15, 0.2) is 5.13 Å². The van der Waals surface area contributed by atoms with Crippen molar-refractivity contribution >= 4 is 22.4 Å². The van der Waals surface area contributed by atoms with Crippen molar-refractivity contribution in [2.24, 2.45) is 0 Å². The molecule has 0 saturated heterocycles. The lowest BCUT2D eigenvalue weighted by atomic mass is 10.3. The highest BCUT2D eigenvalue weighted by Crippen LogP contribution is 2.40. The molecule has 0 aromatic carbocycles. The molecule has 0 bridgehead atoms. The van der Waals surface area contributed by atoms with Crippen LogP contribution in [0.5, 0.6) is 0 Å².